The first kappa shape index (κ1) is 16.7. The molecular formula is C16H32N4O. The Morgan fingerprint density at radius 3 is 2.48 bits per heavy atom. The Bertz CT molecular complexity index is 303. The standard InChI is InChI=1S/C16H32N4O/c1-3-19(4-2)15-6-11-20(12-7-15)16(21)14-18-10-5-8-17-9-13-18/h15,17H,3-14H2,1-2H3. The van der Waals surface area contributed by atoms with Gasteiger partial charge in [0.05, 0.1) is 6.54 Å². The summed E-state index contributed by atoms with van der Waals surface area (Å²) in [5, 5.41) is 3.39. The van der Waals surface area contributed by atoms with Crippen LogP contribution in [0.15, 0.2) is 0 Å². The van der Waals surface area contributed by atoms with Gasteiger partial charge in [-0.25, -0.2) is 0 Å². The minimum atomic E-state index is 0.329. The zero-order valence-corrected chi connectivity index (χ0v) is 13.8. The van der Waals surface area contributed by atoms with Gasteiger partial charge in [0.15, 0.2) is 0 Å². The lowest BCUT2D eigenvalue weighted by Crippen LogP contribution is -2.49. The maximum absolute atomic E-state index is 12.4. The summed E-state index contributed by atoms with van der Waals surface area (Å²) >= 11 is 0. The van der Waals surface area contributed by atoms with E-state index >= 15 is 0 Å². The molecule has 5 heteroatoms. The number of amides is 1. The minimum absolute atomic E-state index is 0.329. The van der Waals surface area contributed by atoms with Crippen LogP contribution in [0.1, 0.15) is 33.1 Å². The summed E-state index contributed by atoms with van der Waals surface area (Å²) in [6.45, 7) is 13.3. The molecule has 0 saturated carbocycles. The Kier molecular flexibility index (Phi) is 6.93. The van der Waals surface area contributed by atoms with Gasteiger partial charge in [-0.1, -0.05) is 13.8 Å². The summed E-state index contributed by atoms with van der Waals surface area (Å²) in [6, 6.07) is 0.673. The molecule has 1 N–H and O–H groups in total. The zero-order chi connectivity index (χ0) is 15.1. The monoisotopic (exact) mass is 296 g/mol. The van der Waals surface area contributed by atoms with Crippen LogP contribution in [0.2, 0.25) is 0 Å². The Balaban J connectivity index is 1.74. The van der Waals surface area contributed by atoms with Gasteiger partial charge in [0.1, 0.15) is 0 Å². The lowest BCUT2D eigenvalue weighted by molar-refractivity contribution is -0.134. The van der Waals surface area contributed by atoms with E-state index in [-0.39, 0.29) is 0 Å². The van der Waals surface area contributed by atoms with E-state index < -0.39 is 0 Å². The number of likely N-dealkylation sites (tertiary alicyclic amines) is 1. The van der Waals surface area contributed by atoms with E-state index in [9.17, 15) is 4.79 Å². The van der Waals surface area contributed by atoms with E-state index in [0.717, 1.165) is 71.6 Å². The van der Waals surface area contributed by atoms with Gasteiger partial charge in [0.25, 0.3) is 0 Å². The van der Waals surface area contributed by atoms with E-state index in [1.807, 2.05) is 0 Å². The maximum atomic E-state index is 12.4. The molecule has 2 heterocycles. The second kappa shape index (κ2) is 8.71. The van der Waals surface area contributed by atoms with E-state index in [1.165, 1.54) is 0 Å². The van der Waals surface area contributed by atoms with Crippen LogP contribution < -0.4 is 5.32 Å². The average Bonchev–Trinajstić information content (AvgIpc) is 2.78. The highest BCUT2D eigenvalue weighted by Gasteiger charge is 2.26. The second-order valence-corrected chi connectivity index (χ2v) is 6.21. The molecule has 2 aliphatic rings. The lowest BCUT2D eigenvalue weighted by atomic mass is 10.0. The predicted molar refractivity (Wildman–Crippen MR) is 86.4 cm³/mol. The third kappa shape index (κ3) is 4.94. The van der Waals surface area contributed by atoms with E-state index in [2.05, 4.69) is 33.9 Å². The van der Waals surface area contributed by atoms with Gasteiger partial charge in [0.2, 0.25) is 5.91 Å². The molecular weight excluding hydrogens is 264 g/mol. The molecule has 0 aromatic rings. The minimum Gasteiger partial charge on any atom is -0.341 e. The van der Waals surface area contributed by atoms with Gasteiger partial charge in [-0.15, -0.1) is 0 Å². The molecule has 1 amide bonds. The molecule has 0 bridgehead atoms. The highest BCUT2D eigenvalue weighted by molar-refractivity contribution is 5.78. The van der Waals surface area contributed by atoms with Crippen LogP contribution in [0.4, 0.5) is 0 Å². The average molecular weight is 296 g/mol. The highest BCUT2D eigenvalue weighted by Crippen LogP contribution is 2.16. The van der Waals surface area contributed by atoms with E-state index in [4.69, 9.17) is 0 Å². The molecule has 2 fully saturated rings. The highest BCUT2D eigenvalue weighted by atomic mass is 16.2. The van der Waals surface area contributed by atoms with Crippen molar-refractivity contribution in [3.05, 3.63) is 0 Å². The van der Waals surface area contributed by atoms with Gasteiger partial charge >= 0.3 is 0 Å². The third-order valence-corrected chi connectivity index (χ3v) is 4.94. The molecule has 0 unspecified atom stereocenters. The Labute approximate surface area is 129 Å². The topological polar surface area (TPSA) is 38.8 Å². The van der Waals surface area contributed by atoms with Gasteiger partial charge in [-0.05, 0) is 45.4 Å². The number of hydrogen-bond acceptors (Lipinski definition) is 4. The Morgan fingerprint density at radius 2 is 1.81 bits per heavy atom. The van der Waals surface area contributed by atoms with Crippen molar-refractivity contribution < 1.29 is 4.79 Å². The molecule has 21 heavy (non-hydrogen) atoms. The Hall–Kier alpha value is -0.650. The van der Waals surface area contributed by atoms with Crippen LogP contribution in [0.25, 0.3) is 0 Å². The summed E-state index contributed by atoms with van der Waals surface area (Å²) in [5.74, 6) is 0.329. The molecule has 0 aromatic carbocycles. The first-order chi connectivity index (χ1) is 10.2. The summed E-state index contributed by atoms with van der Waals surface area (Å²) in [7, 11) is 0. The number of nitrogens with one attached hydrogen (secondary N) is 1. The van der Waals surface area contributed by atoms with Crippen LogP contribution >= 0.6 is 0 Å². The quantitative estimate of drug-likeness (QED) is 0.807. The van der Waals surface area contributed by atoms with Crippen molar-refractivity contribution in [3.8, 4) is 0 Å². The molecule has 0 radical (unpaired) electrons. The summed E-state index contributed by atoms with van der Waals surface area (Å²) in [4.78, 5) is 19.4. The molecule has 0 spiro atoms. The second-order valence-electron chi connectivity index (χ2n) is 6.21. The normalized spacial score (nSPS) is 22.5. The molecule has 122 valence electrons. The lowest BCUT2D eigenvalue weighted by Gasteiger charge is -2.38. The summed E-state index contributed by atoms with van der Waals surface area (Å²) < 4.78 is 0. The van der Waals surface area contributed by atoms with Gasteiger partial charge in [0, 0.05) is 32.2 Å². The summed E-state index contributed by atoms with van der Waals surface area (Å²) in [6.07, 6.45) is 3.42. The van der Waals surface area contributed by atoms with Gasteiger partial charge < -0.3 is 15.1 Å². The molecule has 2 saturated heterocycles. The van der Waals surface area contributed by atoms with Crippen LogP contribution in [-0.2, 0) is 4.79 Å². The van der Waals surface area contributed by atoms with Crippen molar-refractivity contribution in [1.82, 2.24) is 20.0 Å². The molecule has 0 atom stereocenters. The van der Waals surface area contributed by atoms with E-state index in [1.54, 1.807) is 0 Å². The van der Waals surface area contributed by atoms with Crippen molar-refractivity contribution in [2.24, 2.45) is 0 Å². The fourth-order valence-corrected chi connectivity index (χ4v) is 3.57. The largest absolute Gasteiger partial charge is 0.341 e. The first-order valence-corrected chi connectivity index (χ1v) is 8.69. The van der Waals surface area contributed by atoms with Crippen molar-refractivity contribution in [2.45, 2.75) is 39.2 Å². The van der Waals surface area contributed by atoms with Crippen LogP contribution in [0, 0.1) is 0 Å². The fourth-order valence-electron chi connectivity index (χ4n) is 3.57. The molecule has 2 aliphatic heterocycles. The smallest absolute Gasteiger partial charge is 0.236 e. The number of hydrogen-bond donors (Lipinski definition) is 1. The fraction of sp³-hybridized carbons (Fsp3) is 0.938. The van der Waals surface area contributed by atoms with Crippen LogP contribution in [0.5, 0.6) is 0 Å². The molecule has 2 rings (SSSR count). The number of carbonyl (C=O) groups is 1. The maximum Gasteiger partial charge on any atom is 0.236 e. The zero-order valence-electron chi connectivity index (χ0n) is 13.8. The number of nitrogens with zero attached hydrogens (tertiary/aromatic N) is 3. The molecule has 0 aromatic heterocycles. The van der Waals surface area contributed by atoms with Crippen molar-refractivity contribution in [2.75, 3.05) is 58.9 Å². The SMILES string of the molecule is CCN(CC)C1CCN(C(=O)CN2CCCNCC2)CC1. The Morgan fingerprint density at radius 1 is 1.10 bits per heavy atom. The van der Waals surface area contributed by atoms with Crippen LogP contribution in [-0.4, -0.2) is 85.6 Å². The predicted octanol–water partition coefficient (Wildman–Crippen LogP) is 0.615. The first-order valence-electron chi connectivity index (χ1n) is 8.69. The van der Waals surface area contributed by atoms with Crippen molar-refractivity contribution >= 4 is 5.91 Å². The molecule has 0 aliphatic carbocycles. The van der Waals surface area contributed by atoms with Crippen LogP contribution in [0.3, 0.4) is 0 Å². The number of rotatable bonds is 5. The van der Waals surface area contributed by atoms with Crippen molar-refractivity contribution in [1.29, 1.82) is 0 Å². The number of carbonyl (C=O) groups excluding carboxylic acids is 1. The van der Waals surface area contributed by atoms with Gasteiger partial charge in [-0.2, -0.15) is 0 Å². The summed E-state index contributed by atoms with van der Waals surface area (Å²) in [5.41, 5.74) is 0. The van der Waals surface area contributed by atoms with E-state index in [0.29, 0.717) is 18.5 Å². The van der Waals surface area contributed by atoms with Crippen molar-refractivity contribution in [3.63, 3.8) is 0 Å². The molecule has 5 nitrogen and oxygen atoms in total. The third-order valence-electron chi connectivity index (χ3n) is 4.94. The van der Waals surface area contributed by atoms with Gasteiger partial charge in [-0.3, -0.25) is 9.69 Å². The number of piperidine rings is 1.